The van der Waals surface area contributed by atoms with E-state index in [4.69, 9.17) is 27.9 Å². The smallest absolute Gasteiger partial charge is 0.186 e. The fourth-order valence-corrected chi connectivity index (χ4v) is 0.884. The van der Waals surface area contributed by atoms with Crippen molar-refractivity contribution in [2.24, 2.45) is 0 Å². The predicted molar refractivity (Wildman–Crippen MR) is 28.4 cm³/mol. The molecule has 0 aliphatic carbocycles. The summed E-state index contributed by atoms with van der Waals surface area (Å²) >= 11 is 10.9. The first kappa shape index (κ1) is 5.63. The molecule has 42 valence electrons. The van der Waals surface area contributed by atoms with Crippen LogP contribution in [-0.4, -0.2) is 17.8 Å². The number of rotatable bonds is 0. The molecule has 0 aromatic rings. The first-order valence-electron chi connectivity index (χ1n) is 1.95. The predicted octanol–water partition coefficient (Wildman–Crippen LogP) is 0.694. The second-order valence-corrected chi connectivity index (χ2v) is 2.21. The number of ether oxygens (including phenoxy) is 1. The van der Waals surface area contributed by atoms with Gasteiger partial charge in [-0.25, -0.2) is 0 Å². The van der Waals surface area contributed by atoms with Crippen molar-refractivity contribution in [2.75, 3.05) is 6.61 Å². The molecule has 1 saturated heterocycles. The highest BCUT2D eigenvalue weighted by molar-refractivity contribution is 6.23. The molecule has 2 nitrogen and oxygen atoms in total. The maximum Gasteiger partial charge on any atom is 0.186 e. The molecule has 1 aliphatic heterocycles. The zero-order valence-corrected chi connectivity index (χ0v) is 5.04. The van der Waals surface area contributed by atoms with Crippen LogP contribution in [0.4, 0.5) is 0 Å². The van der Waals surface area contributed by atoms with Crippen LogP contribution >= 0.6 is 23.2 Å². The molecular weight excluding hydrogens is 137 g/mol. The molecule has 7 heavy (non-hydrogen) atoms. The van der Waals surface area contributed by atoms with Crippen molar-refractivity contribution >= 4 is 23.2 Å². The van der Waals surface area contributed by atoms with E-state index in [9.17, 15) is 0 Å². The Labute approximate surface area is 51.7 Å². The monoisotopic (exact) mass is 141 g/mol. The third-order valence-electron chi connectivity index (χ3n) is 0.701. The minimum Gasteiger partial charge on any atom is -0.346 e. The van der Waals surface area contributed by atoms with Crippen LogP contribution in [0.25, 0.3) is 0 Å². The number of halogens is 2. The maximum absolute atomic E-state index is 5.49. The van der Waals surface area contributed by atoms with E-state index in [-0.39, 0.29) is 11.2 Å². The molecule has 0 amide bonds. The summed E-state index contributed by atoms with van der Waals surface area (Å²) in [7, 11) is 0. The van der Waals surface area contributed by atoms with Crippen LogP contribution in [0.5, 0.6) is 0 Å². The Balaban J connectivity index is 2.26. The summed E-state index contributed by atoms with van der Waals surface area (Å²) in [6.45, 7) is 0.496. The number of hydrogen-bond acceptors (Lipinski definition) is 2. The Bertz CT molecular complexity index is 62.0. The summed E-state index contributed by atoms with van der Waals surface area (Å²) in [5.74, 6) is 0. The van der Waals surface area contributed by atoms with Gasteiger partial charge in [0.05, 0.1) is 6.61 Å². The summed E-state index contributed by atoms with van der Waals surface area (Å²) in [5.41, 5.74) is -0.495. The van der Waals surface area contributed by atoms with Crippen molar-refractivity contribution < 1.29 is 4.74 Å². The van der Waals surface area contributed by atoms with Gasteiger partial charge < -0.3 is 4.74 Å². The standard InChI is InChI=1S/C3H5Cl2NO/c4-2-1-7-3(5)6-2/h2-3,6H,1H2. The Morgan fingerprint density at radius 3 is 2.43 bits per heavy atom. The van der Waals surface area contributed by atoms with Crippen LogP contribution in [-0.2, 0) is 4.74 Å². The summed E-state index contributed by atoms with van der Waals surface area (Å²) < 4.78 is 4.79. The van der Waals surface area contributed by atoms with Crippen LogP contribution in [0.1, 0.15) is 0 Å². The fourth-order valence-electron chi connectivity index (χ4n) is 0.407. The summed E-state index contributed by atoms with van der Waals surface area (Å²) in [6.07, 6.45) is 0. The van der Waals surface area contributed by atoms with Gasteiger partial charge in [-0.3, -0.25) is 5.32 Å². The van der Waals surface area contributed by atoms with Crippen molar-refractivity contribution in [3.05, 3.63) is 0 Å². The molecule has 4 heteroatoms. The highest BCUT2D eigenvalue weighted by atomic mass is 35.5. The molecule has 1 aliphatic rings. The average molecular weight is 142 g/mol. The van der Waals surface area contributed by atoms with E-state index < -0.39 is 0 Å². The molecule has 1 heterocycles. The second-order valence-electron chi connectivity index (χ2n) is 1.28. The van der Waals surface area contributed by atoms with Gasteiger partial charge in [-0.05, 0) is 0 Å². The Kier molecular flexibility index (Phi) is 1.75. The quantitative estimate of drug-likeness (QED) is 0.397. The van der Waals surface area contributed by atoms with Gasteiger partial charge in [0, 0.05) is 0 Å². The van der Waals surface area contributed by atoms with Gasteiger partial charge in [0.2, 0.25) is 0 Å². The lowest BCUT2D eigenvalue weighted by molar-refractivity contribution is 0.162. The van der Waals surface area contributed by atoms with E-state index in [0.717, 1.165) is 0 Å². The van der Waals surface area contributed by atoms with Crippen LogP contribution in [0, 0.1) is 0 Å². The van der Waals surface area contributed by atoms with Crippen molar-refractivity contribution in [1.29, 1.82) is 0 Å². The van der Waals surface area contributed by atoms with E-state index in [2.05, 4.69) is 5.32 Å². The van der Waals surface area contributed by atoms with Gasteiger partial charge in [-0.1, -0.05) is 11.6 Å². The van der Waals surface area contributed by atoms with Crippen molar-refractivity contribution in [2.45, 2.75) is 11.2 Å². The first-order chi connectivity index (χ1) is 3.29. The molecule has 0 bridgehead atoms. The van der Waals surface area contributed by atoms with Gasteiger partial charge in [0.15, 0.2) is 5.69 Å². The molecule has 0 spiro atoms. The van der Waals surface area contributed by atoms with E-state index >= 15 is 0 Å². The van der Waals surface area contributed by atoms with Gasteiger partial charge in [-0.15, -0.1) is 11.6 Å². The lowest BCUT2D eigenvalue weighted by Crippen LogP contribution is -2.21. The van der Waals surface area contributed by atoms with Crippen LogP contribution in [0.3, 0.4) is 0 Å². The van der Waals surface area contributed by atoms with Crippen molar-refractivity contribution in [3.63, 3.8) is 0 Å². The zero-order valence-electron chi connectivity index (χ0n) is 3.53. The third-order valence-corrected chi connectivity index (χ3v) is 1.20. The Hall–Kier alpha value is 0.500. The molecule has 2 unspecified atom stereocenters. The van der Waals surface area contributed by atoms with Crippen LogP contribution in [0.15, 0.2) is 0 Å². The highest BCUT2D eigenvalue weighted by Crippen LogP contribution is 2.07. The highest BCUT2D eigenvalue weighted by Gasteiger charge is 2.18. The second kappa shape index (κ2) is 2.18. The van der Waals surface area contributed by atoms with Crippen molar-refractivity contribution in [1.82, 2.24) is 5.32 Å². The molecule has 1 rings (SSSR count). The minimum atomic E-state index is -0.387. The number of hydrogen-bond donors (Lipinski definition) is 1. The maximum atomic E-state index is 5.49. The minimum absolute atomic E-state index is 0.109. The summed E-state index contributed by atoms with van der Waals surface area (Å²) in [5, 5.41) is 2.73. The summed E-state index contributed by atoms with van der Waals surface area (Å²) in [4.78, 5) is 0. The molecule has 0 radical (unpaired) electrons. The molecule has 1 fully saturated rings. The van der Waals surface area contributed by atoms with E-state index in [1.807, 2.05) is 0 Å². The van der Waals surface area contributed by atoms with Crippen LogP contribution in [0.2, 0.25) is 0 Å². The molecular formula is C3H5Cl2NO. The SMILES string of the molecule is ClC1COC(Cl)N1. The van der Waals surface area contributed by atoms with Crippen molar-refractivity contribution in [3.8, 4) is 0 Å². The van der Waals surface area contributed by atoms with Gasteiger partial charge in [0.25, 0.3) is 0 Å². The topological polar surface area (TPSA) is 21.3 Å². The molecule has 1 N–H and O–H groups in total. The zero-order chi connectivity index (χ0) is 5.28. The number of alkyl halides is 2. The molecule has 0 aromatic carbocycles. The first-order valence-corrected chi connectivity index (χ1v) is 2.82. The fraction of sp³-hybridized carbons (Fsp3) is 1.00. The Morgan fingerprint density at radius 2 is 2.29 bits per heavy atom. The lowest BCUT2D eigenvalue weighted by atomic mass is 10.7. The molecule has 2 atom stereocenters. The van der Waals surface area contributed by atoms with Crippen LogP contribution < -0.4 is 5.32 Å². The average Bonchev–Trinajstić information content (AvgIpc) is 1.87. The Morgan fingerprint density at radius 1 is 1.57 bits per heavy atom. The molecule has 0 aromatic heterocycles. The van der Waals surface area contributed by atoms with Gasteiger partial charge in [0.1, 0.15) is 5.50 Å². The lowest BCUT2D eigenvalue weighted by Gasteiger charge is -1.95. The number of nitrogens with one attached hydrogen (secondary N) is 1. The van der Waals surface area contributed by atoms with Gasteiger partial charge >= 0.3 is 0 Å². The third kappa shape index (κ3) is 1.46. The van der Waals surface area contributed by atoms with E-state index in [0.29, 0.717) is 6.61 Å². The normalized spacial score (nSPS) is 42.0. The molecule has 0 saturated carbocycles. The van der Waals surface area contributed by atoms with E-state index in [1.165, 1.54) is 0 Å². The summed E-state index contributed by atoms with van der Waals surface area (Å²) in [6, 6.07) is 0. The largest absolute Gasteiger partial charge is 0.346 e. The van der Waals surface area contributed by atoms with Gasteiger partial charge in [-0.2, -0.15) is 0 Å². The van der Waals surface area contributed by atoms with E-state index in [1.54, 1.807) is 0 Å².